The number of aliphatic hydroxyl groups is 3. The number of β-amino-alcohol motifs (C(OH)–C–C–N with tert-alkyl or cyclic N) is 1. The second kappa shape index (κ2) is 7.05. The normalized spacial score (nSPS) is 30.3. The van der Waals surface area contributed by atoms with Crippen LogP contribution in [-0.4, -0.2) is 63.9 Å². The predicted octanol–water partition coefficient (Wildman–Crippen LogP) is 0.502. The number of carbonyl (C=O) groups excluding carboxylic acids is 1. The third-order valence-electron chi connectivity index (χ3n) is 3.75. The average Bonchev–Trinajstić information content (AvgIpc) is 2.46. The van der Waals surface area contributed by atoms with Gasteiger partial charge in [0.1, 0.15) is 18.5 Å². The van der Waals surface area contributed by atoms with Gasteiger partial charge >= 0.3 is 0 Å². The van der Waals surface area contributed by atoms with Gasteiger partial charge in [0, 0.05) is 13.1 Å². The summed E-state index contributed by atoms with van der Waals surface area (Å²) in [5, 5.41) is 30.1. The minimum Gasteiger partial charge on any atom is -0.389 e. The zero-order chi connectivity index (χ0) is 15.6. The fourth-order valence-electron chi connectivity index (χ4n) is 2.49. The first-order valence-corrected chi connectivity index (χ1v) is 7.37. The molecule has 2 rings (SSSR count). The number of nitrogens with zero attached hydrogens (tertiary/aromatic N) is 1. The van der Waals surface area contributed by atoms with Crippen LogP contribution in [0.25, 0.3) is 0 Å². The summed E-state index contributed by atoms with van der Waals surface area (Å²) in [6.45, 7) is 0.575. The Morgan fingerprint density at radius 3 is 2.52 bits per heavy atom. The van der Waals surface area contributed by atoms with Gasteiger partial charge in [-0.25, -0.2) is 0 Å². The summed E-state index contributed by atoms with van der Waals surface area (Å²) in [4.78, 5) is 12.8. The van der Waals surface area contributed by atoms with Crippen LogP contribution in [0.5, 0.6) is 0 Å². The molecule has 1 aromatic rings. The van der Waals surface area contributed by atoms with Crippen LogP contribution >= 0.6 is 23.2 Å². The third-order valence-corrected chi connectivity index (χ3v) is 4.49. The molecule has 116 valence electrons. The number of piperidine rings is 1. The molecule has 21 heavy (non-hydrogen) atoms. The molecule has 0 spiro atoms. The maximum absolute atomic E-state index is 11.1. The summed E-state index contributed by atoms with van der Waals surface area (Å²) in [6.07, 6.45) is -2.50. The highest BCUT2D eigenvalue weighted by Gasteiger charge is 2.40. The van der Waals surface area contributed by atoms with Crippen LogP contribution in [0.4, 0.5) is 0 Å². The Kier molecular flexibility index (Phi) is 5.60. The molecule has 1 aromatic carbocycles. The zero-order valence-electron chi connectivity index (χ0n) is 11.2. The van der Waals surface area contributed by atoms with Crippen LogP contribution in [0.2, 0.25) is 10.0 Å². The first-order valence-electron chi connectivity index (χ1n) is 6.61. The SMILES string of the molecule is O=C[C@@H]1[C@@H](O)[C@H](O)[C@@H](O)CN1CCc1ccc(Cl)c(Cl)c1. The molecule has 1 heterocycles. The summed E-state index contributed by atoms with van der Waals surface area (Å²) in [6, 6.07) is 4.44. The number of carbonyl (C=O) groups is 1. The molecule has 0 aromatic heterocycles. The Hall–Kier alpha value is -0.690. The lowest BCUT2D eigenvalue weighted by Crippen LogP contribution is -2.62. The van der Waals surface area contributed by atoms with Gasteiger partial charge in [-0.3, -0.25) is 4.90 Å². The van der Waals surface area contributed by atoms with E-state index in [1.165, 1.54) is 0 Å². The van der Waals surface area contributed by atoms with E-state index in [9.17, 15) is 20.1 Å². The maximum atomic E-state index is 11.1. The summed E-state index contributed by atoms with van der Waals surface area (Å²) >= 11 is 11.8. The van der Waals surface area contributed by atoms with Gasteiger partial charge in [0.25, 0.3) is 0 Å². The van der Waals surface area contributed by atoms with E-state index in [1.54, 1.807) is 17.0 Å². The van der Waals surface area contributed by atoms with Crippen molar-refractivity contribution in [1.82, 2.24) is 4.90 Å². The van der Waals surface area contributed by atoms with Gasteiger partial charge in [-0.05, 0) is 24.1 Å². The third kappa shape index (κ3) is 3.74. The van der Waals surface area contributed by atoms with Crippen molar-refractivity contribution in [3.63, 3.8) is 0 Å². The van der Waals surface area contributed by atoms with Crippen molar-refractivity contribution in [2.45, 2.75) is 30.8 Å². The number of hydrogen-bond donors (Lipinski definition) is 3. The zero-order valence-corrected chi connectivity index (χ0v) is 12.7. The fraction of sp³-hybridized carbons (Fsp3) is 0.500. The molecule has 0 unspecified atom stereocenters. The molecule has 3 N–H and O–H groups in total. The lowest BCUT2D eigenvalue weighted by Gasteiger charge is -2.41. The van der Waals surface area contributed by atoms with E-state index < -0.39 is 24.4 Å². The molecule has 0 aliphatic carbocycles. The lowest BCUT2D eigenvalue weighted by atomic mass is 9.94. The number of halogens is 2. The van der Waals surface area contributed by atoms with E-state index in [0.29, 0.717) is 29.3 Å². The monoisotopic (exact) mass is 333 g/mol. The summed E-state index contributed by atoms with van der Waals surface area (Å²) in [7, 11) is 0. The van der Waals surface area contributed by atoms with Crippen molar-refractivity contribution in [3.05, 3.63) is 33.8 Å². The van der Waals surface area contributed by atoms with Crippen LogP contribution < -0.4 is 0 Å². The highest BCUT2D eigenvalue weighted by Crippen LogP contribution is 2.23. The molecule has 0 bridgehead atoms. The van der Waals surface area contributed by atoms with Crippen molar-refractivity contribution in [2.24, 2.45) is 0 Å². The number of hydrogen-bond acceptors (Lipinski definition) is 5. The van der Waals surface area contributed by atoms with Crippen molar-refractivity contribution in [2.75, 3.05) is 13.1 Å². The second-order valence-electron chi connectivity index (χ2n) is 5.17. The molecular formula is C14H17Cl2NO4. The predicted molar refractivity (Wildman–Crippen MR) is 79.6 cm³/mol. The van der Waals surface area contributed by atoms with E-state index in [1.807, 2.05) is 6.07 Å². The maximum Gasteiger partial charge on any atom is 0.139 e. The Morgan fingerprint density at radius 1 is 1.19 bits per heavy atom. The number of benzene rings is 1. The standard InChI is InChI=1S/C14H17Cl2NO4/c15-9-2-1-8(5-10(9)16)3-4-17-6-12(19)14(21)13(20)11(17)7-18/h1-2,5,7,11-14,19-21H,3-4,6H2/t11-,12+,13-,14-/m1/s1. The van der Waals surface area contributed by atoms with Crippen molar-refractivity contribution in [1.29, 1.82) is 0 Å². The second-order valence-corrected chi connectivity index (χ2v) is 5.98. The first kappa shape index (κ1) is 16.7. The fourth-order valence-corrected chi connectivity index (χ4v) is 2.81. The molecule has 5 nitrogen and oxygen atoms in total. The quantitative estimate of drug-likeness (QED) is 0.699. The Labute approximate surface area is 132 Å². The molecule has 1 aliphatic rings. The van der Waals surface area contributed by atoms with E-state index >= 15 is 0 Å². The van der Waals surface area contributed by atoms with Gasteiger partial charge in [0.15, 0.2) is 0 Å². The van der Waals surface area contributed by atoms with Gasteiger partial charge in [-0.1, -0.05) is 29.3 Å². The highest BCUT2D eigenvalue weighted by molar-refractivity contribution is 6.42. The Balaban J connectivity index is 2.03. The van der Waals surface area contributed by atoms with Crippen LogP contribution in [0, 0.1) is 0 Å². The Morgan fingerprint density at radius 2 is 1.90 bits per heavy atom. The van der Waals surface area contributed by atoms with Gasteiger partial charge in [-0.15, -0.1) is 0 Å². The average molecular weight is 334 g/mol. The summed E-state index contributed by atoms with van der Waals surface area (Å²) < 4.78 is 0. The molecule has 7 heteroatoms. The van der Waals surface area contributed by atoms with Crippen LogP contribution in [0.1, 0.15) is 5.56 Å². The minimum atomic E-state index is -1.30. The molecule has 4 atom stereocenters. The summed E-state index contributed by atoms with van der Waals surface area (Å²) in [5.41, 5.74) is 0.934. The van der Waals surface area contributed by atoms with Crippen molar-refractivity contribution >= 4 is 29.5 Å². The largest absolute Gasteiger partial charge is 0.389 e. The Bertz CT molecular complexity index is 514. The number of rotatable bonds is 4. The van der Waals surface area contributed by atoms with Gasteiger partial charge in [0.2, 0.25) is 0 Å². The van der Waals surface area contributed by atoms with Crippen molar-refractivity contribution in [3.8, 4) is 0 Å². The van der Waals surface area contributed by atoms with Crippen LogP contribution in [-0.2, 0) is 11.2 Å². The lowest BCUT2D eigenvalue weighted by molar-refractivity contribution is -0.147. The number of likely N-dealkylation sites (tertiary alicyclic amines) is 1. The smallest absolute Gasteiger partial charge is 0.139 e. The molecular weight excluding hydrogens is 317 g/mol. The molecule has 1 fully saturated rings. The van der Waals surface area contributed by atoms with Crippen LogP contribution in [0.3, 0.4) is 0 Å². The topological polar surface area (TPSA) is 81.0 Å². The van der Waals surface area contributed by atoms with Crippen LogP contribution in [0.15, 0.2) is 18.2 Å². The highest BCUT2D eigenvalue weighted by atomic mass is 35.5. The minimum absolute atomic E-state index is 0.128. The number of aliphatic hydroxyl groups excluding tert-OH is 3. The van der Waals surface area contributed by atoms with Gasteiger partial charge in [-0.2, -0.15) is 0 Å². The van der Waals surface area contributed by atoms with Crippen molar-refractivity contribution < 1.29 is 20.1 Å². The van der Waals surface area contributed by atoms with E-state index in [4.69, 9.17) is 23.2 Å². The van der Waals surface area contributed by atoms with E-state index in [-0.39, 0.29) is 6.54 Å². The van der Waals surface area contributed by atoms with Gasteiger partial charge < -0.3 is 20.1 Å². The first-order chi connectivity index (χ1) is 9.93. The number of aldehydes is 1. The van der Waals surface area contributed by atoms with E-state index in [2.05, 4.69) is 0 Å². The molecule has 0 saturated carbocycles. The molecule has 1 saturated heterocycles. The van der Waals surface area contributed by atoms with E-state index in [0.717, 1.165) is 5.56 Å². The molecule has 0 radical (unpaired) electrons. The molecule has 1 aliphatic heterocycles. The van der Waals surface area contributed by atoms with Gasteiger partial charge in [0.05, 0.1) is 22.2 Å². The summed E-state index contributed by atoms with van der Waals surface area (Å²) in [5.74, 6) is 0. The molecule has 0 amide bonds.